The van der Waals surface area contributed by atoms with E-state index in [4.69, 9.17) is 65.4 Å². The zero-order valence-electron chi connectivity index (χ0n) is 31.5. The molecule has 292 valence electrons. The molecular formula is C42H42Cl4N6O4. The average molecular weight is 837 g/mol. The van der Waals surface area contributed by atoms with Crippen molar-refractivity contribution in [2.24, 2.45) is 0 Å². The molecule has 56 heavy (non-hydrogen) atoms. The normalized spacial score (nSPS) is 14.4. The molecule has 0 spiro atoms. The summed E-state index contributed by atoms with van der Waals surface area (Å²) < 4.78 is 21.5. The summed E-state index contributed by atoms with van der Waals surface area (Å²) in [7, 11) is 6.24. The zero-order chi connectivity index (χ0) is 39.3. The molecule has 0 radical (unpaired) electrons. The van der Waals surface area contributed by atoms with Gasteiger partial charge in [-0.05, 0) is 61.1 Å². The number of methoxy groups -OCH3 is 4. The molecule has 0 bridgehead atoms. The van der Waals surface area contributed by atoms with Crippen molar-refractivity contribution < 1.29 is 18.9 Å². The van der Waals surface area contributed by atoms with Gasteiger partial charge in [0.1, 0.15) is 23.0 Å². The van der Waals surface area contributed by atoms with Crippen molar-refractivity contribution in [1.29, 1.82) is 0 Å². The van der Waals surface area contributed by atoms with Crippen LogP contribution in [0.2, 0.25) is 20.1 Å². The number of hydrogen-bond donors (Lipinski definition) is 2. The fraction of sp³-hybridized carbons (Fsp3) is 0.333. The highest BCUT2D eigenvalue weighted by Gasteiger charge is 2.22. The van der Waals surface area contributed by atoms with Crippen LogP contribution < -0.4 is 29.6 Å². The van der Waals surface area contributed by atoms with E-state index >= 15 is 0 Å². The molecule has 14 heteroatoms. The molecule has 0 saturated heterocycles. The van der Waals surface area contributed by atoms with Crippen LogP contribution in [0.3, 0.4) is 0 Å². The van der Waals surface area contributed by atoms with Crippen molar-refractivity contribution in [2.45, 2.75) is 63.5 Å². The number of fused-ring (bicyclic) bond motifs is 2. The zero-order valence-corrected chi connectivity index (χ0v) is 34.5. The Bertz CT molecular complexity index is 2150. The summed E-state index contributed by atoms with van der Waals surface area (Å²) >= 11 is 26.2. The number of halogens is 4. The van der Waals surface area contributed by atoms with Crippen LogP contribution in [0.4, 0.5) is 11.9 Å². The lowest BCUT2D eigenvalue weighted by molar-refractivity contribution is 0.395. The van der Waals surface area contributed by atoms with Crippen LogP contribution in [-0.4, -0.2) is 60.5 Å². The Balaban J connectivity index is 0.000000172. The molecule has 0 unspecified atom stereocenters. The number of aromatic nitrogens is 4. The number of ether oxygens (including phenoxy) is 4. The minimum atomic E-state index is 0.438. The first-order valence-electron chi connectivity index (χ1n) is 18.5. The highest BCUT2D eigenvalue weighted by molar-refractivity contribution is 6.42. The van der Waals surface area contributed by atoms with Gasteiger partial charge in [0.15, 0.2) is 0 Å². The van der Waals surface area contributed by atoms with Crippen LogP contribution in [-0.2, 0) is 0 Å². The van der Waals surface area contributed by atoms with Gasteiger partial charge in [0.2, 0.25) is 11.9 Å². The van der Waals surface area contributed by atoms with Crippen LogP contribution in [0.1, 0.15) is 51.4 Å². The van der Waals surface area contributed by atoms with Gasteiger partial charge in [0.25, 0.3) is 0 Å². The Labute approximate surface area is 346 Å². The standard InChI is InChI=1S/2C21H21Cl2N3O2/c2*1-27-16-10-17(28-2)20(23)18(19(16)22)12-7-8-15-13(9-12)11-24-21(26-15)25-14-5-3-4-6-14/h2*7-11,14H,3-6H2,1-2H3,(H,24,25,26). The van der Waals surface area contributed by atoms with Crippen molar-refractivity contribution >= 4 is 80.1 Å². The summed E-state index contributed by atoms with van der Waals surface area (Å²) in [5.41, 5.74) is 4.74. The fourth-order valence-corrected chi connectivity index (χ4v) is 8.74. The Kier molecular flexibility index (Phi) is 12.6. The molecule has 2 fully saturated rings. The summed E-state index contributed by atoms with van der Waals surface area (Å²) in [5.74, 6) is 3.36. The number of anilines is 2. The quantitative estimate of drug-likeness (QED) is 0.138. The molecule has 6 aromatic rings. The van der Waals surface area contributed by atoms with E-state index in [1.165, 1.54) is 51.4 Å². The van der Waals surface area contributed by atoms with Crippen molar-refractivity contribution in [3.05, 3.63) is 81.0 Å². The summed E-state index contributed by atoms with van der Waals surface area (Å²) in [5, 5.41) is 10.4. The molecule has 0 atom stereocenters. The smallest absolute Gasteiger partial charge is 0.223 e. The van der Waals surface area contributed by atoms with Gasteiger partial charge in [-0.1, -0.05) is 84.2 Å². The maximum atomic E-state index is 6.54. The number of hydrogen-bond acceptors (Lipinski definition) is 10. The molecule has 10 nitrogen and oxygen atoms in total. The third-order valence-electron chi connectivity index (χ3n) is 10.3. The topological polar surface area (TPSA) is 113 Å². The van der Waals surface area contributed by atoms with Gasteiger partial charge in [0.05, 0.1) is 59.6 Å². The number of rotatable bonds is 10. The minimum Gasteiger partial charge on any atom is -0.495 e. The lowest BCUT2D eigenvalue weighted by atomic mass is 10.0. The largest absolute Gasteiger partial charge is 0.495 e. The Hall–Kier alpha value is -4.48. The van der Waals surface area contributed by atoms with Crippen LogP contribution in [0.25, 0.3) is 44.1 Å². The third kappa shape index (κ3) is 8.44. The highest BCUT2D eigenvalue weighted by Crippen LogP contribution is 2.47. The maximum absolute atomic E-state index is 6.54. The highest BCUT2D eigenvalue weighted by atomic mass is 35.5. The van der Waals surface area contributed by atoms with Crippen LogP contribution in [0.5, 0.6) is 23.0 Å². The first-order valence-corrected chi connectivity index (χ1v) is 20.0. The lowest BCUT2D eigenvalue weighted by Gasteiger charge is -2.15. The monoisotopic (exact) mass is 834 g/mol. The van der Waals surface area contributed by atoms with E-state index in [1.54, 1.807) is 40.6 Å². The molecule has 2 heterocycles. The van der Waals surface area contributed by atoms with Gasteiger partial charge in [-0.3, -0.25) is 0 Å². The summed E-state index contributed by atoms with van der Waals surface area (Å²) in [4.78, 5) is 18.3. The predicted octanol–water partition coefficient (Wildman–Crippen LogP) is 12.0. The van der Waals surface area contributed by atoms with E-state index < -0.39 is 0 Å². The van der Waals surface area contributed by atoms with Crippen LogP contribution >= 0.6 is 46.4 Å². The van der Waals surface area contributed by atoms with Gasteiger partial charge in [-0.15, -0.1) is 0 Å². The first kappa shape index (κ1) is 39.7. The maximum Gasteiger partial charge on any atom is 0.223 e. The minimum absolute atomic E-state index is 0.438. The number of benzene rings is 4. The van der Waals surface area contributed by atoms with Crippen LogP contribution in [0, 0.1) is 0 Å². The van der Waals surface area contributed by atoms with Crippen molar-refractivity contribution in [3.8, 4) is 45.3 Å². The van der Waals surface area contributed by atoms with E-state index in [0.29, 0.717) is 78.2 Å². The summed E-state index contributed by atoms with van der Waals surface area (Å²) in [6, 6.07) is 16.0. The van der Waals surface area contributed by atoms with Gasteiger partial charge in [-0.25, -0.2) is 19.9 Å². The molecular weight excluding hydrogens is 794 g/mol. The summed E-state index contributed by atoms with van der Waals surface area (Å²) in [6.45, 7) is 0. The molecule has 8 rings (SSSR count). The van der Waals surface area contributed by atoms with E-state index in [2.05, 4.69) is 30.6 Å². The van der Waals surface area contributed by atoms with Crippen molar-refractivity contribution in [3.63, 3.8) is 0 Å². The van der Waals surface area contributed by atoms with E-state index in [0.717, 1.165) is 32.9 Å². The molecule has 0 aliphatic heterocycles. The molecule has 2 aromatic heterocycles. The molecule has 2 N–H and O–H groups in total. The Morgan fingerprint density at radius 2 is 0.839 bits per heavy atom. The van der Waals surface area contributed by atoms with Gasteiger partial charge in [-0.2, -0.15) is 0 Å². The van der Waals surface area contributed by atoms with Crippen LogP contribution in [0.15, 0.2) is 60.9 Å². The average Bonchev–Trinajstić information content (AvgIpc) is 3.93. The second-order valence-corrected chi connectivity index (χ2v) is 15.3. The van der Waals surface area contributed by atoms with Gasteiger partial charge in [0, 0.05) is 58.5 Å². The Morgan fingerprint density at radius 1 is 0.500 bits per heavy atom. The number of nitrogens with zero attached hydrogens (tertiary/aromatic N) is 4. The second kappa shape index (κ2) is 17.8. The fourth-order valence-electron chi connectivity index (χ4n) is 7.30. The number of nitrogens with one attached hydrogen (secondary N) is 2. The third-order valence-corrected chi connectivity index (χ3v) is 11.8. The van der Waals surface area contributed by atoms with Gasteiger partial charge >= 0.3 is 0 Å². The Morgan fingerprint density at radius 3 is 1.16 bits per heavy atom. The molecule has 2 saturated carbocycles. The van der Waals surface area contributed by atoms with E-state index in [1.807, 2.05) is 48.8 Å². The lowest BCUT2D eigenvalue weighted by Crippen LogP contribution is -2.16. The second-order valence-electron chi connectivity index (χ2n) is 13.8. The van der Waals surface area contributed by atoms with E-state index in [9.17, 15) is 0 Å². The summed E-state index contributed by atoms with van der Waals surface area (Å²) in [6.07, 6.45) is 13.4. The molecule has 2 aliphatic rings. The van der Waals surface area contributed by atoms with E-state index in [-0.39, 0.29) is 0 Å². The predicted molar refractivity (Wildman–Crippen MR) is 228 cm³/mol. The van der Waals surface area contributed by atoms with Gasteiger partial charge < -0.3 is 29.6 Å². The molecule has 0 amide bonds. The molecule has 4 aromatic carbocycles. The van der Waals surface area contributed by atoms with Crippen molar-refractivity contribution in [1.82, 2.24) is 19.9 Å². The first-order chi connectivity index (χ1) is 27.2. The SMILES string of the molecule is COc1cc(OC)c(Cl)c(-c2ccc3nc(NC4CCCC4)ncc3c2)c1Cl.COc1cc(OC)c(Cl)c(-c2ccc3nc(NC4CCCC4)ncc3c2)c1Cl. The molecule has 2 aliphatic carbocycles. The van der Waals surface area contributed by atoms with Crippen molar-refractivity contribution in [2.75, 3.05) is 39.1 Å².